The fraction of sp³-hybridized carbons (Fsp3) is 0.500. The Hall–Kier alpha value is -1.91. The van der Waals surface area contributed by atoms with E-state index in [4.69, 9.17) is 10.3 Å². The maximum absolute atomic E-state index is 11.4. The molecule has 6 nitrogen and oxygen atoms in total. The number of pyridine rings is 1. The topological polar surface area (TPSA) is 88.0 Å². The highest BCUT2D eigenvalue weighted by molar-refractivity contribution is 5.79. The Kier molecular flexibility index (Phi) is 3.92. The van der Waals surface area contributed by atoms with Crippen LogP contribution >= 0.6 is 0 Å². The van der Waals surface area contributed by atoms with E-state index in [9.17, 15) is 4.79 Å². The van der Waals surface area contributed by atoms with Crippen molar-refractivity contribution in [1.29, 1.82) is 0 Å². The third-order valence-electron chi connectivity index (χ3n) is 3.06. The van der Waals surface area contributed by atoms with Crippen LogP contribution in [0.2, 0.25) is 0 Å². The Balaban J connectivity index is 1.98. The van der Waals surface area contributed by atoms with Gasteiger partial charge in [-0.3, -0.25) is 9.78 Å². The van der Waals surface area contributed by atoms with Gasteiger partial charge in [-0.1, -0.05) is 0 Å². The van der Waals surface area contributed by atoms with Crippen molar-refractivity contribution in [2.45, 2.75) is 25.9 Å². The van der Waals surface area contributed by atoms with Gasteiger partial charge in [0.15, 0.2) is 0 Å². The van der Waals surface area contributed by atoms with Crippen LogP contribution in [0.4, 0.5) is 0 Å². The molecule has 1 aliphatic heterocycles. The van der Waals surface area contributed by atoms with Gasteiger partial charge in [-0.15, -0.1) is 0 Å². The molecule has 1 aliphatic rings. The van der Waals surface area contributed by atoms with Crippen molar-refractivity contribution >= 4 is 5.91 Å². The standard InChI is InChI=1S/C12H14N4O2/c1-8-6-9(4-5-14-8)11-3-2-10(7-18-11)12(17)15-16-13/h4-6,10-11H,2-3,7H2,1H3/t10-,11+/m1/s1. The molecule has 0 saturated carbocycles. The van der Waals surface area contributed by atoms with Crippen LogP contribution in [-0.2, 0) is 9.53 Å². The third-order valence-corrected chi connectivity index (χ3v) is 3.06. The highest BCUT2D eigenvalue weighted by Gasteiger charge is 2.27. The molecule has 1 fully saturated rings. The first-order valence-corrected chi connectivity index (χ1v) is 5.84. The lowest BCUT2D eigenvalue weighted by Crippen LogP contribution is -2.26. The molecule has 1 aromatic rings. The van der Waals surface area contributed by atoms with E-state index in [-0.39, 0.29) is 12.0 Å². The summed E-state index contributed by atoms with van der Waals surface area (Å²) in [6.45, 7) is 2.24. The summed E-state index contributed by atoms with van der Waals surface area (Å²) in [6, 6.07) is 3.91. The minimum atomic E-state index is -0.429. The summed E-state index contributed by atoms with van der Waals surface area (Å²) >= 11 is 0. The van der Waals surface area contributed by atoms with E-state index < -0.39 is 5.91 Å². The van der Waals surface area contributed by atoms with E-state index >= 15 is 0 Å². The number of nitrogens with zero attached hydrogens (tertiary/aromatic N) is 4. The Labute approximate surface area is 105 Å². The molecule has 0 spiro atoms. The van der Waals surface area contributed by atoms with Gasteiger partial charge in [-0.05, 0) is 48.1 Å². The third kappa shape index (κ3) is 2.85. The SMILES string of the molecule is Cc1cc([C@@H]2CC[C@@H](C(=O)N=[N+]=[N-])CO2)ccn1. The second-order valence-electron chi connectivity index (χ2n) is 4.35. The van der Waals surface area contributed by atoms with Gasteiger partial charge in [0.2, 0.25) is 5.91 Å². The number of azide groups is 1. The van der Waals surface area contributed by atoms with Crippen molar-refractivity contribution in [1.82, 2.24) is 4.98 Å². The zero-order chi connectivity index (χ0) is 13.0. The fourth-order valence-corrected chi connectivity index (χ4v) is 2.10. The molecule has 1 saturated heterocycles. The molecule has 0 radical (unpaired) electrons. The molecule has 1 aromatic heterocycles. The number of hydrogen-bond donors (Lipinski definition) is 0. The van der Waals surface area contributed by atoms with E-state index in [1.54, 1.807) is 6.20 Å². The summed E-state index contributed by atoms with van der Waals surface area (Å²) in [5, 5.41) is 3.11. The summed E-state index contributed by atoms with van der Waals surface area (Å²) in [5.74, 6) is -0.734. The summed E-state index contributed by atoms with van der Waals surface area (Å²) in [5.41, 5.74) is 10.2. The fourth-order valence-electron chi connectivity index (χ4n) is 2.10. The number of aryl methyl sites for hydroxylation is 1. The number of amides is 1. The Bertz CT molecular complexity index is 489. The quantitative estimate of drug-likeness (QED) is 0.456. The number of rotatable bonds is 2. The van der Waals surface area contributed by atoms with E-state index in [1.165, 1.54) is 0 Å². The van der Waals surface area contributed by atoms with Gasteiger partial charge >= 0.3 is 0 Å². The average Bonchev–Trinajstić information content (AvgIpc) is 2.39. The molecule has 2 atom stereocenters. The Morgan fingerprint density at radius 1 is 1.61 bits per heavy atom. The van der Waals surface area contributed by atoms with Crippen LogP contribution in [0.1, 0.15) is 30.2 Å². The van der Waals surface area contributed by atoms with Crippen LogP contribution in [0.25, 0.3) is 10.4 Å². The molecule has 0 aromatic carbocycles. The minimum Gasteiger partial charge on any atom is -0.373 e. The molecule has 1 amide bonds. The van der Waals surface area contributed by atoms with Crippen molar-refractivity contribution in [2.75, 3.05) is 6.61 Å². The normalized spacial score (nSPS) is 23.2. The number of hydrogen-bond acceptors (Lipinski definition) is 3. The molecule has 18 heavy (non-hydrogen) atoms. The minimum absolute atomic E-state index is 0.00168. The highest BCUT2D eigenvalue weighted by Crippen LogP contribution is 2.31. The number of carbonyl (C=O) groups is 1. The number of carbonyl (C=O) groups excluding carboxylic acids is 1. The molecule has 0 unspecified atom stereocenters. The van der Waals surface area contributed by atoms with E-state index in [0.29, 0.717) is 13.0 Å². The molecular weight excluding hydrogens is 232 g/mol. The van der Waals surface area contributed by atoms with Gasteiger partial charge in [0, 0.05) is 22.7 Å². The molecule has 2 heterocycles. The zero-order valence-electron chi connectivity index (χ0n) is 10.1. The van der Waals surface area contributed by atoms with Crippen LogP contribution in [0.3, 0.4) is 0 Å². The van der Waals surface area contributed by atoms with Gasteiger partial charge < -0.3 is 4.74 Å². The smallest absolute Gasteiger partial charge is 0.224 e. The van der Waals surface area contributed by atoms with Crippen molar-refractivity contribution in [3.8, 4) is 0 Å². The molecule has 0 N–H and O–H groups in total. The monoisotopic (exact) mass is 246 g/mol. The predicted octanol–water partition coefficient (Wildman–Crippen LogP) is 2.69. The predicted molar refractivity (Wildman–Crippen MR) is 64.5 cm³/mol. The van der Waals surface area contributed by atoms with Crippen molar-refractivity contribution < 1.29 is 9.53 Å². The molecule has 0 aliphatic carbocycles. The summed E-state index contributed by atoms with van der Waals surface area (Å²) in [4.78, 5) is 18.0. The van der Waals surface area contributed by atoms with Gasteiger partial charge in [0.05, 0.1) is 12.7 Å². The van der Waals surface area contributed by atoms with Crippen LogP contribution in [-0.4, -0.2) is 17.5 Å². The summed E-state index contributed by atoms with van der Waals surface area (Å²) in [7, 11) is 0. The lowest BCUT2D eigenvalue weighted by atomic mass is 9.94. The number of ether oxygens (including phenoxy) is 1. The van der Waals surface area contributed by atoms with E-state index in [0.717, 1.165) is 17.7 Å². The molecular formula is C12H14N4O2. The molecule has 0 bridgehead atoms. The van der Waals surface area contributed by atoms with Crippen molar-refractivity contribution in [3.05, 3.63) is 40.0 Å². The average molecular weight is 246 g/mol. The van der Waals surface area contributed by atoms with Crippen LogP contribution in [0.15, 0.2) is 23.4 Å². The van der Waals surface area contributed by atoms with Crippen LogP contribution in [0.5, 0.6) is 0 Å². The summed E-state index contributed by atoms with van der Waals surface area (Å²) < 4.78 is 5.67. The number of aromatic nitrogens is 1. The first-order valence-electron chi connectivity index (χ1n) is 5.84. The second kappa shape index (κ2) is 5.62. The first-order chi connectivity index (χ1) is 8.70. The van der Waals surface area contributed by atoms with Gasteiger partial charge in [0.25, 0.3) is 0 Å². The van der Waals surface area contributed by atoms with Gasteiger partial charge in [0.1, 0.15) is 0 Å². The second-order valence-corrected chi connectivity index (χ2v) is 4.35. The van der Waals surface area contributed by atoms with Crippen molar-refractivity contribution in [3.63, 3.8) is 0 Å². The molecule has 94 valence electrons. The van der Waals surface area contributed by atoms with Crippen LogP contribution in [0, 0.1) is 12.8 Å². The largest absolute Gasteiger partial charge is 0.373 e. The lowest BCUT2D eigenvalue weighted by molar-refractivity contribution is -0.128. The van der Waals surface area contributed by atoms with Gasteiger partial charge in [-0.25, -0.2) is 0 Å². The van der Waals surface area contributed by atoms with Crippen molar-refractivity contribution in [2.24, 2.45) is 11.0 Å². The maximum Gasteiger partial charge on any atom is 0.224 e. The maximum atomic E-state index is 11.4. The van der Waals surface area contributed by atoms with Crippen LogP contribution < -0.4 is 0 Å². The highest BCUT2D eigenvalue weighted by atomic mass is 16.5. The Morgan fingerprint density at radius 3 is 3.06 bits per heavy atom. The first kappa shape index (κ1) is 12.5. The Morgan fingerprint density at radius 2 is 2.44 bits per heavy atom. The van der Waals surface area contributed by atoms with E-state index in [1.807, 2.05) is 19.1 Å². The van der Waals surface area contributed by atoms with Gasteiger partial charge in [-0.2, -0.15) is 0 Å². The molecule has 6 heteroatoms. The summed E-state index contributed by atoms with van der Waals surface area (Å²) in [6.07, 6.45) is 3.19. The lowest BCUT2D eigenvalue weighted by Gasteiger charge is -2.27. The molecule has 2 rings (SSSR count). The zero-order valence-corrected chi connectivity index (χ0v) is 10.1. The van der Waals surface area contributed by atoms with E-state index in [2.05, 4.69) is 15.0 Å².